The monoisotopic (exact) mass is 482 g/mol. The Morgan fingerprint density at radius 3 is 2.57 bits per heavy atom. The number of rotatable bonds is 7. The Bertz CT molecular complexity index is 1250. The summed E-state index contributed by atoms with van der Waals surface area (Å²) in [6.45, 7) is 9.61. The lowest BCUT2D eigenvalue weighted by atomic mass is 9.73. The zero-order chi connectivity index (χ0) is 25.5. The van der Waals surface area contributed by atoms with Gasteiger partial charge in [0.05, 0.1) is 17.3 Å². The number of hydrogen-bond donors (Lipinski definition) is 3. The number of aromatic amines is 1. The number of fused-ring (bicyclic) bond motifs is 1. The maximum atomic E-state index is 15.7. The van der Waals surface area contributed by atoms with Gasteiger partial charge in [0, 0.05) is 30.5 Å². The second kappa shape index (κ2) is 9.43. The highest BCUT2D eigenvalue weighted by Gasteiger charge is 2.35. The molecule has 1 aliphatic rings. The third kappa shape index (κ3) is 4.68. The summed E-state index contributed by atoms with van der Waals surface area (Å²) in [4.78, 5) is 32.2. The fourth-order valence-corrected chi connectivity index (χ4v) is 5.58. The van der Waals surface area contributed by atoms with Crippen molar-refractivity contribution in [1.29, 1.82) is 0 Å². The molecule has 1 aromatic carbocycles. The van der Waals surface area contributed by atoms with Crippen LogP contribution in [0.3, 0.4) is 0 Å². The number of imidazole rings is 1. The molecule has 2 heterocycles. The molecule has 9 heteroatoms. The van der Waals surface area contributed by atoms with Crippen LogP contribution in [0.15, 0.2) is 18.3 Å². The van der Waals surface area contributed by atoms with Gasteiger partial charge in [-0.3, -0.25) is 14.3 Å². The van der Waals surface area contributed by atoms with Crippen LogP contribution in [-0.4, -0.2) is 31.6 Å². The molecule has 1 aliphatic carbocycles. The fourth-order valence-electron chi connectivity index (χ4n) is 5.58. The van der Waals surface area contributed by atoms with Gasteiger partial charge < -0.3 is 16.0 Å². The summed E-state index contributed by atoms with van der Waals surface area (Å²) in [7, 11) is 0. The van der Waals surface area contributed by atoms with Crippen LogP contribution in [0.5, 0.6) is 0 Å². The van der Waals surface area contributed by atoms with Crippen molar-refractivity contribution >= 4 is 22.8 Å². The number of primary amides is 1. The molecule has 0 radical (unpaired) electrons. The number of amides is 2. The molecule has 1 fully saturated rings. The van der Waals surface area contributed by atoms with E-state index in [2.05, 4.69) is 22.3 Å². The molecule has 4 N–H and O–H groups in total. The van der Waals surface area contributed by atoms with Crippen molar-refractivity contribution in [3.63, 3.8) is 0 Å². The third-order valence-electron chi connectivity index (χ3n) is 7.34. The first-order chi connectivity index (χ1) is 16.5. The highest BCUT2D eigenvalue weighted by molar-refractivity contribution is 5.93. The summed E-state index contributed by atoms with van der Waals surface area (Å²) in [6.07, 6.45) is 5.82. The first-order valence-electron chi connectivity index (χ1n) is 12.4. The van der Waals surface area contributed by atoms with E-state index < -0.39 is 17.3 Å². The van der Waals surface area contributed by atoms with E-state index in [0.717, 1.165) is 31.2 Å². The molecule has 1 atom stereocenters. The van der Waals surface area contributed by atoms with E-state index in [1.54, 1.807) is 36.9 Å². The number of hydrogen-bond acceptors (Lipinski definition) is 4. The number of H-pyrrole nitrogens is 1. The molecular formula is C26H35FN6O2. The number of carbonyl (C=O) groups is 2. The Balaban J connectivity index is 1.85. The quantitative estimate of drug-likeness (QED) is 0.464. The van der Waals surface area contributed by atoms with Gasteiger partial charge in [0.1, 0.15) is 17.0 Å². The molecule has 3 aromatic rings. The smallest absolute Gasteiger partial charge is 0.267 e. The van der Waals surface area contributed by atoms with Crippen LogP contribution >= 0.6 is 0 Å². The van der Waals surface area contributed by atoms with Crippen molar-refractivity contribution in [2.45, 2.75) is 78.3 Å². The van der Waals surface area contributed by atoms with E-state index in [9.17, 15) is 9.59 Å². The Labute approximate surface area is 204 Å². The molecule has 35 heavy (non-hydrogen) atoms. The average Bonchev–Trinajstić information content (AvgIpc) is 3.39. The van der Waals surface area contributed by atoms with E-state index in [1.807, 2.05) is 6.92 Å². The van der Waals surface area contributed by atoms with Crippen LogP contribution in [0.1, 0.15) is 93.7 Å². The summed E-state index contributed by atoms with van der Waals surface area (Å²) >= 11 is 0. The number of nitrogens with zero attached hydrogens (tertiary/aromatic N) is 3. The summed E-state index contributed by atoms with van der Waals surface area (Å²) < 4.78 is 17.3. The van der Waals surface area contributed by atoms with Crippen molar-refractivity contribution in [3.8, 4) is 0 Å². The van der Waals surface area contributed by atoms with Gasteiger partial charge in [-0.05, 0) is 51.5 Å². The van der Waals surface area contributed by atoms with E-state index in [4.69, 9.17) is 10.7 Å². The normalized spacial score (nSPS) is 19.6. The highest BCUT2D eigenvalue weighted by Crippen LogP contribution is 2.43. The molecule has 1 saturated carbocycles. The van der Waals surface area contributed by atoms with E-state index in [0.29, 0.717) is 35.1 Å². The van der Waals surface area contributed by atoms with Crippen LogP contribution in [0.2, 0.25) is 0 Å². The number of aromatic nitrogens is 4. The minimum absolute atomic E-state index is 0.216. The van der Waals surface area contributed by atoms with Gasteiger partial charge in [-0.2, -0.15) is 5.10 Å². The van der Waals surface area contributed by atoms with Crippen LogP contribution in [-0.2, 0) is 16.9 Å². The van der Waals surface area contributed by atoms with Crippen LogP contribution < -0.4 is 11.1 Å². The van der Waals surface area contributed by atoms with E-state index in [-0.39, 0.29) is 23.3 Å². The maximum Gasteiger partial charge on any atom is 0.267 e. The molecule has 0 unspecified atom stereocenters. The number of benzene rings is 1. The van der Waals surface area contributed by atoms with Crippen molar-refractivity contribution in [1.82, 2.24) is 25.1 Å². The standard InChI is InChI=1S/C26H35FN6O2/c1-6-33-23(24(28)35)17(13-29-33)20(16-9-7-14(2)8-10-16)25-30-19-12-11-18(21(27)22(19)31-25)26(4,5)32-15(3)34/h11-14,16,20H,6-10H2,1-5H3,(H2,28,35)(H,30,31)(H,32,34)/t14?,16?,20-/m0/s1. The zero-order valence-corrected chi connectivity index (χ0v) is 21.1. The second-order valence-electron chi connectivity index (χ2n) is 10.4. The fraction of sp³-hybridized carbons (Fsp3) is 0.538. The van der Waals surface area contributed by atoms with Gasteiger partial charge in [-0.1, -0.05) is 25.8 Å². The van der Waals surface area contributed by atoms with Crippen molar-refractivity contribution in [2.75, 3.05) is 0 Å². The first kappa shape index (κ1) is 24.9. The summed E-state index contributed by atoms with van der Waals surface area (Å²) in [5.74, 6) is -0.0368. The van der Waals surface area contributed by atoms with E-state index in [1.165, 1.54) is 6.92 Å². The number of halogens is 1. The molecule has 188 valence electrons. The van der Waals surface area contributed by atoms with Crippen LogP contribution in [0, 0.1) is 17.7 Å². The van der Waals surface area contributed by atoms with Crippen molar-refractivity contribution < 1.29 is 14.0 Å². The number of carbonyl (C=O) groups excluding carboxylic acids is 2. The largest absolute Gasteiger partial charge is 0.364 e. The SMILES string of the molecule is CCn1ncc([C@@H](c2nc3c(F)c(C(C)(C)NC(C)=O)ccc3[nH]2)C2CCC(C)CC2)c1C(N)=O. The lowest BCUT2D eigenvalue weighted by molar-refractivity contribution is -0.120. The van der Waals surface area contributed by atoms with Gasteiger partial charge >= 0.3 is 0 Å². The van der Waals surface area contributed by atoms with Crippen LogP contribution in [0.25, 0.3) is 11.0 Å². The third-order valence-corrected chi connectivity index (χ3v) is 7.34. The molecule has 2 aromatic heterocycles. The number of nitrogens with one attached hydrogen (secondary N) is 2. The summed E-state index contributed by atoms with van der Waals surface area (Å²) in [5, 5.41) is 7.22. The molecule has 0 aliphatic heterocycles. The average molecular weight is 483 g/mol. The highest BCUT2D eigenvalue weighted by atomic mass is 19.1. The number of nitrogens with two attached hydrogens (primary N) is 1. The van der Waals surface area contributed by atoms with Gasteiger partial charge in [0.25, 0.3) is 5.91 Å². The number of aryl methyl sites for hydroxylation is 1. The molecular weight excluding hydrogens is 447 g/mol. The predicted molar refractivity (Wildman–Crippen MR) is 132 cm³/mol. The minimum Gasteiger partial charge on any atom is -0.364 e. The van der Waals surface area contributed by atoms with Gasteiger partial charge in [0.2, 0.25) is 5.91 Å². The van der Waals surface area contributed by atoms with Gasteiger partial charge in [-0.25, -0.2) is 9.37 Å². The zero-order valence-electron chi connectivity index (χ0n) is 21.1. The van der Waals surface area contributed by atoms with E-state index >= 15 is 4.39 Å². The van der Waals surface area contributed by atoms with Crippen LogP contribution in [0.4, 0.5) is 4.39 Å². The Hall–Kier alpha value is -3.23. The molecule has 0 spiro atoms. The molecule has 8 nitrogen and oxygen atoms in total. The Morgan fingerprint density at radius 2 is 1.97 bits per heavy atom. The van der Waals surface area contributed by atoms with Gasteiger partial charge in [0.15, 0.2) is 5.82 Å². The Morgan fingerprint density at radius 1 is 1.29 bits per heavy atom. The summed E-state index contributed by atoms with van der Waals surface area (Å²) in [5.41, 5.74) is 7.14. The molecule has 4 rings (SSSR count). The molecule has 0 bridgehead atoms. The summed E-state index contributed by atoms with van der Waals surface area (Å²) in [6, 6.07) is 3.47. The Kier molecular flexibility index (Phi) is 6.71. The predicted octanol–water partition coefficient (Wildman–Crippen LogP) is 4.35. The topological polar surface area (TPSA) is 119 Å². The molecule has 2 amide bonds. The minimum atomic E-state index is -0.899. The molecule has 0 saturated heterocycles. The lowest BCUT2D eigenvalue weighted by Crippen LogP contribution is -2.40. The maximum absolute atomic E-state index is 15.7. The van der Waals surface area contributed by atoms with Crippen molar-refractivity contribution in [3.05, 3.63) is 46.8 Å². The van der Waals surface area contributed by atoms with Crippen molar-refractivity contribution in [2.24, 2.45) is 17.6 Å². The first-order valence-corrected chi connectivity index (χ1v) is 12.4. The van der Waals surface area contributed by atoms with Gasteiger partial charge in [-0.15, -0.1) is 0 Å². The second-order valence-corrected chi connectivity index (χ2v) is 10.4. The lowest BCUT2D eigenvalue weighted by Gasteiger charge is -2.31.